The Balaban J connectivity index is 4.38. The fraction of sp³-hybridized carbons (Fsp3) is 0.556. The first-order chi connectivity index (χ1) is 5.78. The molecular weight excluding hydrogens is 152 g/mol. The van der Waals surface area contributed by atoms with Crippen molar-refractivity contribution in [1.29, 1.82) is 5.26 Å². The van der Waals surface area contributed by atoms with Gasteiger partial charge in [0.15, 0.2) is 0 Å². The van der Waals surface area contributed by atoms with Crippen LogP contribution in [0.3, 0.4) is 0 Å². The first kappa shape index (κ1) is 10.7. The van der Waals surface area contributed by atoms with Crippen molar-refractivity contribution in [2.45, 2.75) is 20.3 Å². The molecule has 0 fully saturated rings. The topological polar surface area (TPSA) is 45.4 Å². The van der Waals surface area contributed by atoms with Gasteiger partial charge in [0.2, 0.25) is 0 Å². The molecule has 3 heteroatoms. The number of nitriles is 1. The van der Waals surface area contributed by atoms with Crippen molar-refractivity contribution >= 4 is 5.71 Å². The van der Waals surface area contributed by atoms with E-state index in [0.717, 1.165) is 12.2 Å². The molecule has 0 aromatic heterocycles. The third-order valence-electron chi connectivity index (χ3n) is 1.33. The van der Waals surface area contributed by atoms with E-state index in [-0.39, 0.29) is 0 Å². The van der Waals surface area contributed by atoms with Crippen molar-refractivity contribution in [2.24, 2.45) is 4.99 Å². The highest BCUT2D eigenvalue weighted by Gasteiger charge is 1.96. The number of nitrogens with zero attached hydrogens (tertiary/aromatic N) is 2. The summed E-state index contributed by atoms with van der Waals surface area (Å²) in [5, 5.41) is 8.56. The molecule has 0 aromatic carbocycles. The molecule has 0 unspecified atom stereocenters. The molecule has 0 aliphatic carbocycles. The van der Waals surface area contributed by atoms with E-state index in [9.17, 15) is 0 Å². The van der Waals surface area contributed by atoms with E-state index in [4.69, 9.17) is 10.00 Å². The van der Waals surface area contributed by atoms with E-state index in [1.807, 2.05) is 19.9 Å². The van der Waals surface area contributed by atoms with Crippen LogP contribution >= 0.6 is 0 Å². The van der Waals surface area contributed by atoms with Crippen LogP contribution < -0.4 is 0 Å². The van der Waals surface area contributed by atoms with Crippen molar-refractivity contribution in [3.63, 3.8) is 0 Å². The van der Waals surface area contributed by atoms with E-state index in [1.54, 1.807) is 13.1 Å². The monoisotopic (exact) mass is 166 g/mol. The van der Waals surface area contributed by atoms with Crippen LogP contribution in [0.5, 0.6) is 0 Å². The molecule has 0 spiro atoms. The van der Waals surface area contributed by atoms with Gasteiger partial charge >= 0.3 is 0 Å². The second-order valence-electron chi connectivity index (χ2n) is 2.12. The molecule has 3 nitrogen and oxygen atoms in total. The summed E-state index contributed by atoms with van der Waals surface area (Å²) in [6, 6.07) is 1.97. The van der Waals surface area contributed by atoms with E-state index in [0.29, 0.717) is 12.3 Å². The minimum Gasteiger partial charge on any atom is -0.498 e. The van der Waals surface area contributed by atoms with Gasteiger partial charge in [-0.15, -0.1) is 0 Å². The predicted octanol–water partition coefficient (Wildman–Crippen LogP) is 1.91. The Morgan fingerprint density at radius 3 is 2.58 bits per heavy atom. The predicted molar refractivity (Wildman–Crippen MR) is 49.0 cm³/mol. The maximum absolute atomic E-state index is 8.56. The molecule has 0 saturated heterocycles. The van der Waals surface area contributed by atoms with Gasteiger partial charge in [-0.2, -0.15) is 5.26 Å². The van der Waals surface area contributed by atoms with Crippen molar-refractivity contribution < 1.29 is 4.74 Å². The van der Waals surface area contributed by atoms with Crippen LogP contribution in [-0.2, 0) is 4.74 Å². The van der Waals surface area contributed by atoms with E-state index in [1.165, 1.54) is 0 Å². The zero-order chi connectivity index (χ0) is 9.40. The third-order valence-corrected chi connectivity index (χ3v) is 1.33. The van der Waals surface area contributed by atoms with Gasteiger partial charge in [-0.1, -0.05) is 6.92 Å². The Morgan fingerprint density at radius 2 is 2.25 bits per heavy atom. The molecule has 0 heterocycles. The Morgan fingerprint density at radius 1 is 1.58 bits per heavy atom. The average molecular weight is 166 g/mol. The lowest BCUT2D eigenvalue weighted by atomic mass is 10.3. The Kier molecular flexibility index (Phi) is 5.72. The Labute approximate surface area is 73.4 Å². The molecular formula is C9H14N2O. The van der Waals surface area contributed by atoms with Gasteiger partial charge in [0.25, 0.3) is 0 Å². The minimum atomic E-state index is 0.403. The van der Waals surface area contributed by atoms with E-state index < -0.39 is 0 Å². The van der Waals surface area contributed by atoms with Gasteiger partial charge in [0.05, 0.1) is 12.4 Å². The lowest BCUT2D eigenvalue weighted by Gasteiger charge is -2.03. The second-order valence-corrected chi connectivity index (χ2v) is 2.12. The minimum absolute atomic E-state index is 0.403. The van der Waals surface area contributed by atoms with Crippen LogP contribution in [0.4, 0.5) is 0 Å². The second kappa shape index (κ2) is 6.41. The maximum Gasteiger partial charge on any atom is 0.138 e. The van der Waals surface area contributed by atoms with Crippen molar-refractivity contribution in [2.75, 3.05) is 13.7 Å². The number of rotatable bonds is 4. The van der Waals surface area contributed by atoms with Crippen LogP contribution in [0.15, 0.2) is 16.8 Å². The summed E-state index contributed by atoms with van der Waals surface area (Å²) in [4.78, 5) is 3.78. The fourth-order valence-electron chi connectivity index (χ4n) is 0.731. The number of allylic oxidation sites excluding steroid dienone is 2. The Hall–Kier alpha value is -1.30. The summed E-state index contributed by atoms with van der Waals surface area (Å²) in [7, 11) is 1.59. The SMILES string of the molecule is CCO/C(=C/C(C#N)=NC)CC. The number of hydrogen-bond acceptors (Lipinski definition) is 3. The molecule has 0 N–H and O–H groups in total. The quantitative estimate of drug-likeness (QED) is 0.473. The average Bonchev–Trinajstić information content (AvgIpc) is 2.12. The zero-order valence-electron chi connectivity index (χ0n) is 7.79. The molecule has 0 radical (unpaired) electrons. The maximum atomic E-state index is 8.56. The normalized spacial score (nSPS) is 12.5. The van der Waals surface area contributed by atoms with Crippen LogP contribution in [-0.4, -0.2) is 19.4 Å². The van der Waals surface area contributed by atoms with Gasteiger partial charge in [-0.25, -0.2) is 0 Å². The molecule has 0 rings (SSSR count). The van der Waals surface area contributed by atoms with Crippen LogP contribution in [0.1, 0.15) is 20.3 Å². The van der Waals surface area contributed by atoms with Crippen LogP contribution in [0.25, 0.3) is 0 Å². The molecule has 0 bridgehead atoms. The smallest absolute Gasteiger partial charge is 0.138 e. The van der Waals surface area contributed by atoms with E-state index in [2.05, 4.69) is 4.99 Å². The third kappa shape index (κ3) is 3.77. The summed E-state index contributed by atoms with van der Waals surface area (Å²) in [6.07, 6.45) is 2.46. The number of ether oxygens (including phenoxy) is 1. The van der Waals surface area contributed by atoms with Gasteiger partial charge in [-0.3, -0.25) is 4.99 Å². The summed E-state index contributed by atoms with van der Waals surface area (Å²) in [5.41, 5.74) is 0.403. The lowest BCUT2D eigenvalue weighted by Crippen LogP contribution is -1.95. The van der Waals surface area contributed by atoms with Gasteiger partial charge < -0.3 is 4.74 Å². The first-order valence-electron chi connectivity index (χ1n) is 3.98. The summed E-state index contributed by atoms with van der Waals surface area (Å²) >= 11 is 0. The van der Waals surface area contributed by atoms with Crippen molar-refractivity contribution in [1.82, 2.24) is 0 Å². The number of aliphatic imine (C=N–C) groups is 1. The molecule has 0 atom stereocenters. The summed E-state index contributed by atoms with van der Waals surface area (Å²) in [5.74, 6) is 0.805. The molecule has 0 aliphatic heterocycles. The van der Waals surface area contributed by atoms with Gasteiger partial charge in [0.1, 0.15) is 11.8 Å². The van der Waals surface area contributed by atoms with Crippen molar-refractivity contribution in [3.8, 4) is 6.07 Å². The standard InChI is InChI=1S/C9H14N2O/c1-4-9(12-5-2)6-8(7-10)11-3/h6H,4-5H2,1-3H3/b9-6+,11-8?. The first-order valence-corrected chi connectivity index (χ1v) is 3.98. The van der Waals surface area contributed by atoms with Crippen molar-refractivity contribution in [3.05, 3.63) is 11.8 Å². The fourth-order valence-corrected chi connectivity index (χ4v) is 0.731. The van der Waals surface area contributed by atoms with Gasteiger partial charge in [0, 0.05) is 19.5 Å². The van der Waals surface area contributed by atoms with E-state index >= 15 is 0 Å². The molecule has 66 valence electrons. The highest BCUT2D eigenvalue weighted by Crippen LogP contribution is 2.02. The highest BCUT2D eigenvalue weighted by molar-refractivity contribution is 6.07. The lowest BCUT2D eigenvalue weighted by molar-refractivity contribution is 0.221. The highest BCUT2D eigenvalue weighted by atomic mass is 16.5. The molecule has 0 aliphatic rings. The van der Waals surface area contributed by atoms with Crippen LogP contribution in [0, 0.1) is 11.3 Å². The summed E-state index contributed by atoms with van der Waals surface area (Å²) < 4.78 is 5.25. The molecule has 0 saturated carbocycles. The Bertz CT molecular complexity index is 223. The van der Waals surface area contributed by atoms with Crippen LogP contribution in [0.2, 0.25) is 0 Å². The summed E-state index contributed by atoms with van der Waals surface area (Å²) in [6.45, 7) is 4.52. The largest absolute Gasteiger partial charge is 0.498 e. The number of hydrogen-bond donors (Lipinski definition) is 0. The molecule has 12 heavy (non-hydrogen) atoms. The van der Waals surface area contributed by atoms with Gasteiger partial charge in [-0.05, 0) is 6.92 Å². The molecule has 0 amide bonds. The zero-order valence-corrected chi connectivity index (χ0v) is 7.79. The molecule has 0 aromatic rings.